The first kappa shape index (κ1) is 17.9. The quantitative estimate of drug-likeness (QED) is 0.528. The van der Waals surface area contributed by atoms with Gasteiger partial charge in [0.15, 0.2) is 0 Å². The van der Waals surface area contributed by atoms with Crippen LogP contribution in [0.4, 0.5) is 4.79 Å². The van der Waals surface area contributed by atoms with E-state index in [1.165, 1.54) is 57.8 Å². The molecule has 0 rings (SSSR count). The van der Waals surface area contributed by atoms with E-state index in [0.29, 0.717) is 6.42 Å². The molecule has 0 aromatic rings. The summed E-state index contributed by atoms with van der Waals surface area (Å²) >= 11 is 0. The minimum atomic E-state index is -0.756. The number of amides is 3. The Hall–Kier alpha value is -1.06. The maximum absolute atomic E-state index is 11.1. The van der Waals surface area contributed by atoms with Gasteiger partial charge in [0.2, 0.25) is 5.91 Å². The molecule has 0 saturated heterocycles. The van der Waals surface area contributed by atoms with Crippen LogP contribution in [0.3, 0.4) is 0 Å². The van der Waals surface area contributed by atoms with Crippen molar-refractivity contribution in [1.82, 2.24) is 5.32 Å². The third kappa shape index (κ3) is 14.9. The summed E-state index contributed by atoms with van der Waals surface area (Å²) in [5.41, 5.74) is 4.85. The van der Waals surface area contributed by atoms with E-state index in [1.807, 2.05) is 0 Å². The number of urea groups is 1. The van der Waals surface area contributed by atoms with Crippen LogP contribution in [0.5, 0.6) is 0 Å². The van der Waals surface area contributed by atoms with Crippen molar-refractivity contribution < 1.29 is 9.59 Å². The van der Waals surface area contributed by atoms with Crippen LogP contribution in [-0.2, 0) is 4.79 Å². The van der Waals surface area contributed by atoms with Gasteiger partial charge in [-0.05, 0) is 6.42 Å². The molecule has 112 valence electrons. The maximum Gasteiger partial charge on any atom is 0.318 e. The number of rotatable bonds is 12. The second-order valence-electron chi connectivity index (χ2n) is 5.20. The van der Waals surface area contributed by atoms with Crippen molar-refractivity contribution in [3.63, 3.8) is 0 Å². The van der Waals surface area contributed by atoms with Gasteiger partial charge in [-0.1, -0.05) is 71.1 Å². The van der Waals surface area contributed by atoms with Gasteiger partial charge in [0.25, 0.3) is 0 Å². The van der Waals surface area contributed by atoms with Crippen LogP contribution in [0, 0.1) is 0 Å². The van der Waals surface area contributed by atoms with Crippen molar-refractivity contribution in [3.05, 3.63) is 0 Å². The summed E-state index contributed by atoms with van der Waals surface area (Å²) < 4.78 is 0. The van der Waals surface area contributed by atoms with E-state index in [-0.39, 0.29) is 5.91 Å². The van der Waals surface area contributed by atoms with Crippen molar-refractivity contribution in [2.45, 2.75) is 84.0 Å². The molecule has 4 heteroatoms. The molecule has 0 aliphatic heterocycles. The smallest absolute Gasteiger partial charge is 0.318 e. The average Bonchev–Trinajstić information content (AvgIpc) is 2.35. The lowest BCUT2D eigenvalue weighted by atomic mass is 10.1. The molecule has 0 atom stereocenters. The summed E-state index contributed by atoms with van der Waals surface area (Å²) in [5.74, 6) is -0.261. The number of hydrogen-bond donors (Lipinski definition) is 2. The molecule has 0 fully saturated rings. The molecule has 0 bridgehead atoms. The van der Waals surface area contributed by atoms with Crippen LogP contribution in [0.15, 0.2) is 0 Å². The predicted molar refractivity (Wildman–Crippen MR) is 78.8 cm³/mol. The molecular formula is C15H30N2O2. The highest BCUT2D eigenvalue weighted by atomic mass is 16.2. The maximum atomic E-state index is 11.1. The molecule has 0 aliphatic rings. The van der Waals surface area contributed by atoms with Crippen LogP contribution < -0.4 is 11.1 Å². The Labute approximate surface area is 117 Å². The zero-order valence-electron chi connectivity index (χ0n) is 12.4. The Morgan fingerprint density at radius 2 is 1.21 bits per heavy atom. The monoisotopic (exact) mass is 270 g/mol. The van der Waals surface area contributed by atoms with E-state index in [0.717, 1.165) is 12.8 Å². The summed E-state index contributed by atoms with van der Waals surface area (Å²) in [6.45, 7) is 2.24. The minimum Gasteiger partial charge on any atom is -0.351 e. The molecule has 19 heavy (non-hydrogen) atoms. The highest BCUT2D eigenvalue weighted by molar-refractivity contribution is 5.93. The zero-order valence-corrected chi connectivity index (χ0v) is 12.4. The second-order valence-corrected chi connectivity index (χ2v) is 5.20. The van der Waals surface area contributed by atoms with Gasteiger partial charge in [-0.15, -0.1) is 0 Å². The van der Waals surface area contributed by atoms with E-state index in [4.69, 9.17) is 5.73 Å². The van der Waals surface area contributed by atoms with Gasteiger partial charge < -0.3 is 5.73 Å². The highest BCUT2D eigenvalue weighted by Crippen LogP contribution is 2.11. The van der Waals surface area contributed by atoms with Crippen molar-refractivity contribution in [3.8, 4) is 0 Å². The molecule has 0 spiro atoms. The van der Waals surface area contributed by atoms with Gasteiger partial charge in [-0.2, -0.15) is 0 Å². The summed E-state index contributed by atoms with van der Waals surface area (Å²) in [4.78, 5) is 21.5. The zero-order chi connectivity index (χ0) is 14.3. The lowest BCUT2D eigenvalue weighted by Gasteiger charge is -2.03. The fourth-order valence-corrected chi connectivity index (χ4v) is 2.15. The van der Waals surface area contributed by atoms with Gasteiger partial charge in [0, 0.05) is 6.42 Å². The molecule has 3 N–H and O–H groups in total. The number of nitrogens with two attached hydrogens (primary N) is 1. The molecule has 3 amide bonds. The molecule has 0 heterocycles. The van der Waals surface area contributed by atoms with Gasteiger partial charge in [0.1, 0.15) is 0 Å². The normalized spacial score (nSPS) is 10.4. The number of imide groups is 1. The standard InChI is InChI=1S/C15H30N2O2/c1-2-3-4-5-6-7-8-9-10-11-12-13-14(18)17-15(16)19/h2-13H2,1H3,(H3,16,17,18,19). The first-order valence-electron chi connectivity index (χ1n) is 7.76. The Bertz CT molecular complexity index is 242. The Morgan fingerprint density at radius 1 is 0.789 bits per heavy atom. The van der Waals surface area contributed by atoms with Gasteiger partial charge in [-0.3, -0.25) is 10.1 Å². The van der Waals surface area contributed by atoms with Crippen LogP contribution in [-0.4, -0.2) is 11.9 Å². The van der Waals surface area contributed by atoms with Gasteiger partial charge >= 0.3 is 6.03 Å². The minimum absolute atomic E-state index is 0.261. The van der Waals surface area contributed by atoms with E-state index in [9.17, 15) is 9.59 Å². The molecule has 4 nitrogen and oxygen atoms in total. The summed E-state index contributed by atoms with van der Waals surface area (Å²) in [5, 5.41) is 2.08. The van der Waals surface area contributed by atoms with Crippen molar-refractivity contribution >= 4 is 11.9 Å². The van der Waals surface area contributed by atoms with E-state index in [1.54, 1.807) is 0 Å². The number of hydrogen-bond acceptors (Lipinski definition) is 2. The molecular weight excluding hydrogens is 240 g/mol. The number of carbonyl (C=O) groups is 2. The SMILES string of the molecule is CCCCCCCCCCCCCC(=O)NC(N)=O. The third-order valence-corrected chi connectivity index (χ3v) is 3.27. The van der Waals surface area contributed by atoms with Crippen molar-refractivity contribution in [1.29, 1.82) is 0 Å². The second kappa shape index (κ2) is 13.4. The Balaban J connectivity index is 3.10. The van der Waals surface area contributed by atoms with E-state index >= 15 is 0 Å². The third-order valence-electron chi connectivity index (χ3n) is 3.27. The largest absolute Gasteiger partial charge is 0.351 e. The number of nitrogens with one attached hydrogen (secondary N) is 1. The molecule has 0 radical (unpaired) electrons. The number of unbranched alkanes of at least 4 members (excludes halogenated alkanes) is 10. The van der Waals surface area contributed by atoms with Gasteiger partial charge in [-0.25, -0.2) is 4.79 Å². The first-order valence-corrected chi connectivity index (χ1v) is 7.76. The average molecular weight is 270 g/mol. The first-order chi connectivity index (χ1) is 9.16. The topological polar surface area (TPSA) is 72.2 Å². The summed E-state index contributed by atoms with van der Waals surface area (Å²) in [7, 11) is 0. The fourth-order valence-electron chi connectivity index (χ4n) is 2.15. The lowest BCUT2D eigenvalue weighted by Crippen LogP contribution is -2.34. The van der Waals surface area contributed by atoms with E-state index in [2.05, 4.69) is 12.2 Å². The van der Waals surface area contributed by atoms with E-state index < -0.39 is 6.03 Å². The van der Waals surface area contributed by atoms with Crippen molar-refractivity contribution in [2.24, 2.45) is 5.73 Å². The van der Waals surface area contributed by atoms with Crippen molar-refractivity contribution in [2.75, 3.05) is 0 Å². The van der Waals surface area contributed by atoms with Gasteiger partial charge in [0.05, 0.1) is 0 Å². The van der Waals surface area contributed by atoms with Crippen LogP contribution >= 0.6 is 0 Å². The molecule has 0 aliphatic carbocycles. The molecule has 0 saturated carbocycles. The Kier molecular flexibility index (Phi) is 12.6. The summed E-state index contributed by atoms with van der Waals surface area (Å²) in [6, 6.07) is -0.756. The fraction of sp³-hybridized carbons (Fsp3) is 0.867. The van der Waals surface area contributed by atoms with Crippen LogP contribution in [0.1, 0.15) is 84.0 Å². The summed E-state index contributed by atoms with van der Waals surface area (Å²) in [6.07, 6.45) is 14.2. The highest BCUT2D eigenvalue weighted by Gasteiger charge is 2.02. The molecule has 0 unspecified atom stereocenters. The molecule has 0 aromatic carbocycles. The van der Waals surface area contributed by atoms with Crippen LogP contribution in [0.2, 0.25) is 0 Å². The Morgan fingerprint density at radius 3 is 1.63 bits per heavy atom. The molecule has 0 aromatic heterocycles. The number of carbonyl (C=O) groups excluding carboxylic acids is 2. The predicted octanol–water partition coefficient (Wildman–Crippen LogP) is 3.88. The van der Waals surface area contributed by atoms with Crippen LogP contribution in [0.25, 0.3) is 0 Å². The number of primary amides is 1. The lowest BCUT2D eigenvalue weighted by molar-refractivity contribution is -0.120.